The average molecular weight is 353 g/mol. The summed E-state index contributed by atoms with van der Waals surface area (Å²) in [6.07, 6.45) is 4.89. The Morgan fingerprint density at radius 1 is 1.25 bits per heavy atom. The molecule has 0 N–H and O–H groups in total. The van der Waals surface area contributed by atoms with E-state index in [4.69, 9.17) is 16.3 Å². The largest absolute Gasteiger partial charge is 0.370 e. The van der Waals surface area contributed by atoms with Gasteiger partial charge in [-0.2, -0.15) is 0 Å². The number of ether oxygens (including phenoxy) is 1. The molecule has 3 heterocycles. The Labute approximate surface area is 146 Å². The molecule has 4 nitrogen and oxygen atoms in total. The fourth-order valence-electron chi connectivity index (χ4n) is 4.16. The van der Waals surface area contributed by atoms with E-state index in [0.717, 1.165) is 13.0 Å². The summed E-state index contributed by atoms with van der Waals surface area (Å²) in [5.74, 6) is -0.607. The van der Waals surface area contributed by atoms with E-state index in [0.29, 0.717) is 24.7 Å². The molecule has 4 rings (SSSR count). The summed E-state index contributed by atoms with van der Waals surface area (Å²) < 4.78 is 19.3. The average Bonchev–Trinajstić information content (AvgIpc) is 3.02. The van der Waals surface area contributed by atoms with Crippen molar-refractivity contribution in [2.24, 2.45) is 0 Å². The summed E-state index contributed by atoms with van der Waals surface area (Å²) in [5.41, 5.74) is 0.253. The van der Waals surface area contributed by atoms with Gasteiger partial charge in [-0.3, -0.25) is 9.69 Å². The highest BCUT2D eigenvalue weighted by atomic mass is 35.5. The van der Waals surface area contributed by atoms with Gasteiger partial charge in [0, 0.05) is 11.6 Å². The summed E-state index contributed by atoms with van der Waals surface area (Å²) >= 11 is 5.77. The number of hydrogen-bond donors (Lipinski definition) is 0. The summed E-state index contributed by atoms with van der Waals surface area (Å²) in [6.45, 7) is 4.34. The lowest BCUT2D eigenvalue weighted by Gasteiger charge is -2.47. The van der Waals surface area contributed by atoms with Crippen LogP contribution in [0.25, 0.3) is 0 Å². The van der Waals surface area contributed by atoms with E-state index in [1.165, 1.54) is 50.6 Å². The van der Waals surface area contributed by atoms with E-state index in [-0.39, 0.29) is 16.5 Å². The van der Waals surface area contributed by atoms with Gasteiger partial charge in [0.1, 0.15) is 11.4 Å². The van der Waals surface area contributed by atoms with Crippen LogP contribution in [0, 0.1) is 5.82 Å². The second-order valence-corrected chi connectivity index (χ2v) is 7.65. The van der Waals surface area contributed by atoms with Gasteiger partial charge in [0.2, 0.25) is 0 Å². The van der Waals surface area contributed by atoms with Crippen LogP contribution in [0.5, 0.6) is 0 Å². The molecular weight excluding hydrogens is 331 g/mol. The zero-order valence-corrected chi connectivity index (χ0v) is 14.4. The molecule has 6 heteroatoms. The first-order chi connectivity index (χ1) is 11.6. The van der Waals surface area contributed by atoms with Crippen LogP contribution in [-0.2, 0) is 4.74 Å². The Kier molecular flexibility index (Phi) is 4.27. The van der Waals surface area contributed by atoms with Crippen molar-refractivity contribution >= 4 is 17.5 Å². The van der Waals surface area contributed by atoms with Gasteiger partial charge in [0.15, 0.2) is 0 Å². The Hall–Kier alpha value is -1.17. The number of benzene rings is 1. The van der Waals surface area contributed by atoms with Crippen LogP contribution in [0.3, 0.4) is 0 Å². The molecule has 0 radical (unpaired) electrons. The van der Waals surface area contributed by atoms with E-state index >= 15 is 0 Å². The minimum atomic E-state index is -0.503. The lowest BCUT2D eigenvalue weighted by molar-refractivity contribution is -0.0950. The van der Waals surface area contributed by atoms with Crippen LogP contribution in [0.2, 0.25) is 5.02 Å². The third kappa shape index (κ3) is 2.93. The zero-order chi connectivity index (χ0) is 16.7. The number of nitrogens with zero attached hydrogens (tertiary/aromatic N) is 2. The highest BCUT2D eigenvalue weighted by Gasteiger charge is 2.52. The molecule has 3 aliphatic heterocycles. The second kappa shape index (κ2) is 6.28. The second-order valence-electron chi connectivity index (χ2n) is 7.24. The number of carbonyl (C=O) groups is 1. The quantitative estimate of drug-likeness (QED) is 0.820. The first-order valence-electron chi connectivity index (χ1n) is 8.69. The minimum absolute atomic E-state index is 0.0154. The van der Waals surface area contributed by atoms with Crippen molar-refractivity contribution in [3.05, 3.63) is 34.6 Å². The predicted molar refractivity (Wildman–Crippen MR) is 89.8 cm³/mol. The normalized spacial score (nSPS) is 26.6. The number of likely N-dealkylation sites (tertiary alicyclic amines) is 2. The molecule has 1 unspecified atom stereocenters. The van der Waals surface area contributed by atoms with Gasteiger partial charge in [-0.15, -0.1) is 0 Å². The van der Waals surface area contributed by atoms with Gasteiger partial charge >= 0.3 is 0 Å². The van der Waals surface area contributed by atoms with Crippen molar-refractivity contribution in [3.63, 3.8) is 0 Å². The van der Waals surface area contributed by atoms with Crippen LogP contribution in [0.1, 0.15) is 36.0 Å². The maximum absolute atomic E-state index is 13.2. The van der Waals surface area contributed by atoms with Crippen LogP contribution < -0.4 is 0 Å². The highest BCUT2D eigenvalue weighted by Crippen LogP contribution is 2.38. The monoisotopic (exact) mass is 352 g/mol. The van der Waals surface area contributed by atoms with Gasteiger partial charge in [-0.05, 0) is 50.6 Å². The number of hydrogen-bond acceptors (Lipinski definition) is 3. The summed E-state index contributed by atoms with van der Waals surface area (Å²) in [5, 5.41) is -0.0154. The van der Waals surface area contributed by atoms with E-state index < -0.39 is 5.82 Å². The minimum Gasteiger partial charge on any atom is -0.370 e. The fraction of sp³-hybridized carbons (Fsp3) is 0.611. The fourth-order valence-corrected chi connectivity index (χ4v) is 4.34. The van der Waals surface area contributed by atoms with E-state index in [1.54, 1.807) is 4.90 Å². The molecule has 3 fully saturated rings. The molecule has 0 aromatic heterocycles. The lowest BCUT2D eigenvalue weighted by Crippen LogP contribution is -2.63. The third-order valence-corrected chi connectivity index (χ3v) is 5.80. The Bertz CT molecular complexity index is 642. The molecule has 130 valence electrons. The molecule has 1 amide bonds. The molecule has 0 saturated carbocycles. The zero-order valence-electron chi connectivity index (χ0n) is 13.6. The van der Waals surface area contributed by atoms with E-state index in [1.807, 2.05) is 0 Å². The van der Waals surface area contributed by atoms with E-state index in [2.05, 4.69) is 4.90 Å². The summed E-state index contributed by atoms with van der Waals surface area (Å²) in [6, 6.07) is 4.61. The molecule has 0 aliphatic carbocycles. The topological polar surface area (TPSA) is 32.8 Å². The Balaban J connectivity index is 1.35. The Morgan fingerprint density at radius 3 is 2.71 bits per heavy atom. The number of carbonyl (C=O) groups excluding carboxylic acids is 1. The maximum atomic E-state index is 13.2. The van der Waals surface area contributed by atoms with Crippen molar-refractivity contribution in [1.82, 2.24) is 9.80 Å². The van der Waals surface area contributed by atoms with Crippen LogP contribution >= 0.6 is 11.6 Å². The standard InChI is InChI=1S/C18H22ClFN2O2/c19-15-8-13(4-5-16(15)20)17(23)22-11-18(12-22)9-14(10-24-18)21-6-2-1-3-7-21/h4-5,8,14H,1-3,6-7,9-12H2. The molecular formula is C18H22ClFN2O2. The molecule has 1 spiro atoms. The highest BCUT2D eigenvalue weighted by molar-refractivity contribution is 6.31. The smallest absolute Gasteiger partial charge is 0.254 e. The molecule has 3 saturated heterocycles. The van der Waals surface area contributed by atoms with Crippen molar-refractivity contribution < 1.29 is 13.9 Å². The summed E-state index contributed by atoms with van der Waals surface area (Å²) in [4.78, 5) is 16.8. The first-order valence-corrected chi connectivity index (χ1v) is 9.06. The number of amides is 1. The van der Waals surface area contributed by atoms with Crippen LogP contribution in [0.4, 0.5) is 4.39 Å². The molecule has 1 aromatic carbocycles. The number of piperidine rings is 1. The van der Waals surface area contributed by atoms with Gasteiger partial charge in [0.25, 0.3) is 5.91 Å². The Morgan fingerprint density at radius 2 is 2.00 bits per heavy atom. The van der Waals surface area contributed by atoms with Crippen LogP contribution in [0.15, 0.2) is 18.2 Å². The number of rotatable bonds is 2. The van der Waals surface area contributed by atoms with Crippen molar-refractivity contribution in [2.45, 2.75) is 37.3 Å². The van der Waals surface area contributed by atoms with Gasteiger partial charge in [-0.1, -0.05) is 18.0 Å². The van der Waals surface area contributed by atoms with Crippen molar-refractivity contribution in [1.29, 1.82) is 0 Å². The molecule has 24 heavy (non-hydrogen) atoms. The van der Waals surface area contributed by atoms with Gasteiger partial charge < -0.3 is 9.64 Å². The van der Waals surface area contributed by atoms with E-state index in [9.17, 15) is 9.18 Å². The van der Waals surface area contributed by atoms with Gasteiger partial charge in [0.05, 0.1) is 24.7 Å². The van der Waals surface area contributed by atoms with Crippen molar-refractivity contribution in [2.75, 3.05) is 32.8 Å². The third-order valence-electron chi connectivity index (χ3n) is 5.51. The van der Waals surface area contributed by atoms with Gasteiger partial charge in [-0.25, -0.2) is 4.39 Å². The lowest BCUT2D eigenvalue weighted by atomic mass is 9.88. The maximum Gasteiger partial charge on any atom is 0.254 e. The molecule has 1 atom stereocenters. The van der Waals surface area contributed by atoms with Crippen molar-refractivity contribution in [3.8, 4) is 0 Å². The SMILES string of the molecule is O=C(c1ccc(F)c(Cl)c1)N1CC2(CC(N3CCCCC3)CO2)C1. The summed E-state index contributed by atoms with van der Waals surface area (Å²) in [7, 11) is 0. The number of halogens is 2. The molecule has 1 aromatic rings. The molecule has 3 aliphatic rings. The molecule has 0 bridgehead atoms. The predicted octanol–water partition coefficient (Wildman–Crippen LogP) is 2.95. The van der Waals surface area contributed by atoms with Crippen LogP contribution in [-0.4, -0.2) is 60.1 Å². The first kappa shape index (κ1) is 16.3.